The van der Waals surface area contributed by atoms with Crippen LogP contribution in [-0.4, -0.2) is 18.8 Å². The van der Waals surface area contributed by atoms with E-state index >= 15 is 0 Å². The van der Waals surface area contributed by atoms with E-state index in [9.17, 15) is 0 Å². The summed E-state index contributed by atoms with van der Waals surface area (Å²) in [5.41, 5.74) is 2.95. The average molecular weight is 214 g/mol. The van der Waals surface area contributed by atoms with E-state index in [0.29, 0.717) is 6.04 Å². The standard InChI is InChI=1S/C12H26N2O/c1-3-8-11(14-13)12(15-2)9-6-4-5-7-10-12/h11,14H,3-10,13H2,1-2H3. The molecule has 0 radical (unpaired) electrons. The van der Waals surface area contributed by atoms with Crippen LogP contribution in [0.15, 0.2) is 0 Å². The molecule has 15 heavy (non-hydrogen) atoms. The van der Waals surface area contributed by atoms with E-state index in [1.807, 2.05) is 7.11 Å². The number of rotatable bonds is 5. The second-order valence-electron chi connectivity index (χ2n) is 4.69. The lowest BCUT2D eigenvalue weighted by Gasteiger charge is -2.39. The van der Waals surface area contributed by atoms with Crippen LogP contribution in [0.3, 0.4) is 0 Å². The van der Waals surface area contributed by atoms with Crippen LogP contribution in [0.2, 0.25) is 0 Å². The van der Waals surface area contributed by atoms with Gasteiger partial charge in [0, 0.05) is 7.11 Å². The van der Waals surface area contributed by atoms with E-state index in [1.165, 1.54) is 25.7 Å². The molecule has 1 atom stereocenters. The molecule has 0 aromatic carbocycles. The van der Waals surface area contributed by atoms with Gasteiger partial charge in [0.15, 0.2) is 0 Å². The maximum atomic E-state index is 5.82. The third-order valence-corrected chi connectivity index (χ3v) is 3.77. The Kier molecular flexibility index (Phi) is 5.58. The molecule has 1 fully saturated rings. The maximum absolute atomic E-state index is 5.82. The molecule has 0 heterocycles. The van der Waals surface area contributed by atoms with Gasteiger partial charge in [0.1, 0.15) is 0 Å². The van der Waals surface area contributed by atoms with Crippen molar-refractivity contribution in [3.05, 3.63) is 0 Å². The van der Waals surface area contributed by atoms with Crippen LogP contribution >= 0.6 is 0 Å². The second-order valence-corrected chi connectivity index (χ2v) is 4.69. The molecule has 1 aliphatic carbocycles. The molecule has 0 amide bonds. The average Bonchev–Trinajstić information content (AvgIpc) is 2.52. The molecular weight excluding hydrogens is 188 g/mol. The van der Waals surface area contributed by atoms with Crippen molar-refractivity contribution in [3.63, 3.8) is 0 Å². The van der Waals surface area contributed by atoms with Gasteiger partial charge < -0.3 is 4.74 Å². The Hall–Kier alpha value is -0.120. The second kappa shape index (κ2) is 6.46. The summed E-state index contributed by atoms with van der Waals surface area (Å²) in [4.78, 5) is 0. The molecule has 1 saturated carbocycles. The van der Waals surface area contributed by atoms with Crippen molar-refractivity contribution in [3.8, 4) is 0 Å². The number of ether oxygens (including phenoxy) is 1. The summed E-state index contributed by atoms with van der Waals surface area (Å²) in [7, 11) is 1.84. The Morgan fingerprint density at radius 2 is 1.87 bits per heavy atom. The number of nitrogens with two attached hydrogens (primary N) is 1. The number of hydrogen-bond donors (Lipinski definition) is 2. The molecule has 0 bridgehead atoms. The summed E-state index contributed by atoms with van der Waals surface area (Å²) in [6.45, 7) is 2.20. The fourth-order valence-corrected chi connectivity index (χ4v) is 2.81. The highest BCUT2D eigenvalue weighted by molar-refractivity contribution is 4.93. The van der Waals surface area contributed by atoms with Crippen molar-refractivity contribution in [1.29, 1.82) is 0 Å². The third-order valence-electron chi connectivity index (χ3n) is 3.77. The highest BCUT2D eigenvalue weighted by Gasteiger charge is 2.37. The van der Waals surface area contributed by atoms with Crippen molar-refractivity contribution in [2.24, 2.45) is 5.84 Å². The Bertz CT molecular complexity index is 165. The summed E-state index contributed by atoms with van der Waals surface area (Å²) in [6.07, 6.45) is 9.79. The van der Waals surface area contributed by atoms with Gasteiger partial charge in [-0.3, -0.25) is 11.3 Å². The quantitative estimate of drug-likeness (QED) is 0.419. The first-order chi connectivity index (χ1) is 7.29. The van der Waals surface area contributed by atoms with Crippen molar-refractivity contribution in [2.75, 3.05) is 7.11 Å². The molecule has 1 unspecified atom stereocenters. The Morgan fingerprint density at radius 1 is 1.27 bits per heavy atom. The predicted octanol–water partition coefficient (Wildman–Crippen LogP) is 2.36. The molecular formula is C12H26N2O. The molecule has 0 aromatic rings. The minimum absolute atomic E-state index is 0.0126. The first-order valence-corrected chi connectivity index (χ1v) is 6.30. The van der Waals surface area contributed by atoms with Gasteiger partial charge in [0.05, 0.1) is 11.6 Å². The van der Waals surface area contributed by atoms with Gasteiger partial charge in [-0.05, 0) is 19.3 Å². The lowest BCUT2D eigenvalue weighted by atomic mass is 9.84. The SMILES string of the molecule is CCCC(NN)C1(OC)CCCCCC1. The Morgan fingerprint density at radius 3 is 2.27 bits per heavy atom. The smallest absolute Gasteiger partial charge is 0.0844 e. The molecule has 0 aliphatic heterocycles. The molecule has 1 aliphatic rings. The monoisotopic (exact) mass is 214 g/mol. The summed E-state index contributed by atoms with van der Waals surface area (Å²) in [5.74, 6) is 5.67. The predicted molar refractivity (Wildman–Crippen MR) is 63.5 cm³/mol. The molecule has 3 heteroatoms. The van der Waals surface area contributed by atoms with Crippen molar-refractivity contribution < 1.29 is 4.74 Å². The normalized spacial score (nSPS) is 23.4. The molecule has 3 N–H and O–H groups in total. The van der Waals surface area contributed by atoms with E-state index < -0.39 is 0 Å². The minimum Gasteiger partial charge on any atom is -0.377 e. The van der Waals surface area contributed by atoms with Crippen molar-refractivity contribution in [2.45, 2.75) is 69.9 Å². The van der Waals surface area contributed by atoms with Crippen LogP contribution < -0.4 is 11.3 Å². The van der Waals surface area contributed by atoms with Gasteiger partial charge in [-0.25, -0.2) is 0 Å². The number of hydrogen-bond acceptors (Lipinski definition) is 3. The van der Waals surface area contributed by atoms with E-state index in [0.717, 1.165) is 25.7 Å². The molecule has 1 rings (SSSR count). The highest BCUT2D eigenvalue weighted by Crippen LogP contribution is 2.34. The maximum Gasteiger partial charge on any atom is 0.0844 e. The fourth-order valence-electron chi connectivity index (χ4n) is 2.81. The topological polar surface area (TPSA) is 47.3 Å². The zero-order valence-electron chi connectivity index (χ0n) is 10.2. The molecule has 90 valence electrons. The van der Waals surface area contributed by atoms with E-state index in [-0.39, 0.29) is 5.60 Å². The number of hydrazine groups is 1. The largest absolute Gasteiger partial charge is 0.377 e. The van der Waals surface area contributed by atoms with Gasteiger partial charge >= 0.3 is 0 Å². The van der Waals surface area contributed by atoms with Gasteiger partial charge in [0.25, 0.3) is 0 Å². The van der Waals surface area contributed by atoms with Gasteiger partial charge in [-0.2, -0.15) is 0 Å². The van der Waals surface area contributed by atoms with Gasteiger partial charge in [0.2, 0.25) is 0 Å². The lowest BCUT2D eigenvalue weighted by molar-refractivity contribution is -0.0549. The lowest BCUT2D eigenvalue weighted by Crippen LogP contribution is -2.54. The van der Waals surface area contributed by atoms with Crippen LogP contribution in [0.25, 0.3) is 0 Å². The van der Waals surface area contributed by atoms with Crippen LogP contribution in [0, 0.1) is 0 Å². The molecule has 0 aromatic heterocycles. The van der Waals surface area contributed by atoms with Crippen molar-refractivity contribution >= 4 is 0 Å². The summed E-state index contributed by atoms with van der Waals surface area (Å²) < 4.78 is 5.82. The fraction of sp³-hybridized carbons (Fsp3) is 1.00. The molecule has 0 saturated heterocycles. The number of methoxy groups -OCH3 is 1. The van der Waals surface area contributed by atoms with Gasteiger partial charge in [-0.15, -0.1) is 0 Å². The highest BCUT2D eigenvalue weighted by atomic mass is 16.5. The van der Waals surface area contributed by atoms with Crippen molar-refractivity contribution in [1.82, 2.24) is 5.43 Å². The van der Waals surface area contributed by atoms with E-state index in [1.54, 1.807) is 0 Å². The molecule has 3 nitrogen and oxygen atoms in total. The minimum atomic E-state index is -0.0126. The van der Waals surface area contributed by atoms with Crippen LogP contribution in [0.5, 0.6) is 0 Å². The first kappa shape index (κ1) is 12.9. The summed E-state index contributed by atoms with van der Waals surface area (Å²) >= 11 is 0. The molecule has 0 spiro atoms. The van der Waals surface area contributed by atoms with Crippen LogP contribution in [0.4, 0.5) is 0 Å². The van der Waals surface area contributed by atoms with E-state index in [4.69, 9.17) is 10.6 Å². The first-order valence-electron chi connectivity index (χ1n) is 6.30. The third kappa shape index (κ3) is 3.16. The van der Waals surface area contributed by atoms with E-state index in [2.05, 4.69) is 12.3 Å². The van der Waals surface area contributed by atoms with Crippen LogP contribution in [-0.2, 0) is 4.74 Å². The zero-order valence-corrected chi connectivity index (χ0v) is 10.2. The Balaban J connectivity index is 2.69. The summed E-state index contributed by atoms with van der Waals surface area (Å²) in [5, 5.41) is 0. The van der Waals surface area contributed by atoms with Gasteiger partial charge in [-0.1, -0.05) is 39.0 Å². The summed E-state index contributed by atoms with van der Waals surface area (Å²) in [6, 6.07) is 0.311. The number of nitrogens with one attached hydrogen (secondary N) is 1. The zero-order chi connectivity index (χ0) is 11.1. The van der Waals surface area contributed by atoms with Crippen LogP contribution in [0.1, 0.15) is 58.3 Å². The Labute approximate surface area is 93.7 Å².